The maximum Gasteiger partial charge on any atom is 0.257 e. The maximum atomic E-state index is 5.79. The second kappa shape index (κ2) is 6.04. The SMILES string of the molecule is CCc1sc(-c2nnc(CSc3nnnn3C3CC3)o2)cc1C. The van der Waals surface area contributed by atoms with Crippen LogP contribution in [0.5, 0.6) is 0 Å². The van der Waals surface area contributed by atoms with Crippen molar-refractivity contribution in [2.45, 2.75) is 50.1 Å². The molecule has 0 unspecified atom stereocenters. The van der Waals surface area contributed by atoms with E-state index in [0.717, 1.165) is 29.3 Å². The third kappa shape index (κ3) is 3.02. The molecule has 3 heterocycles. The lowest BCUT2D eigenvalue weighted by Gasteiger charge is -1.99. The van der Waals surface area contributed by atoms with Crippen molar-refractivity contribution in [2.24, 2.45) is 0 Å². The Balaban J connectivity index is 1.46. The largest absolute Gasteiger partial charge is 0.419 e. The van der Waals surface area contributed by atoms with Crippen LogP contribution in [0.4, 0.5) is 0 Å². The van der Waals surface area contributed by atoms with Gasteiger partial charge in [-0.25, -0.2) is 4.68 Å². The molecule has 3 aromatic rings. The molecule has 0 aliphatic heterocycles. The van der Waals surface area contributed by atoms with E-state index in [-0.39, 0.29) is 0 Å². The van der Waals surface area contributed by atoms with E-state index in [2.05, 4.69) is 45.6 Å². The van der Waals surface area contributed by atoms with Crippen LogP contribution in [0, 0.1) is 6.92 Å². The van der Waals surface area contributed by atoms with Crippen molar-refractivity contribution in [1.82, 2.24) is 30.4 Å². The summed E-state index contributed by atoms with van der Waals surface area (Å²) in [5.74, 6) is 1.76. The smallest absolute Gasteiger partial charge is 0.257 e. The van der Waals surface area contributed by atoms with Gasteiger partial charge in [-0.15, -0.1) is 26.6 Å². The fourth-order valence-electron chi connectivity index (χ4n) is 2.34. The normalized spacial score (nSPS) is 14.5. The van der Waals surface area contributed by atoms with Crippen molar-refractivity contribution in [3.8, 4) is 10.8 Å². The average molecular weight is 348 g/mol. The van der Waals surface area contributed by atoms with Gasteiger partial charge in [-0.05, 0) is 48.2 Å². The Morgan fingerprint density at radius 1 is 1.35 bits per heavy atom. The van der Waals surface area contributed by atoms with Crippen LogP contribution in [-0.2, 0) is 12.2 Å². The summed E-state index contributed by atoms with van der Waals surface area (Å²) >= 11 is 3.25. The molecule has 0 amide bonds. The minimum absolute atomic E-state index is 0.465. The number of hydrogen-bond acceptors (Lipinski definition) is 8. The van der Waals surface area contributed by atoms with Gasteiger partial charge in [0.15, 0.2) is 0 Å². The Labute approximate surface area is 141 Å². The standard InChI is InChI=1S/C14H16N6OS2/c1-3-10-8(2)6-11(23-10)13-16-15-12(21-13)7-22-14-17-18-19-20(14)9-4-5-9/h6,9H,3-5,7H2,1-2H3. The van der Waals surface area contributed by atoms with E-state index in [0.29, 0.717) is 23.6 Å². The molecular formula is C14H16N6OS2. The molecule has 1 saturated carbocycles. The highest BCUT2D eigenvalue weighted by Gasteiger charge is 2.28. The van der Waals surface area contributed by atoms with Crippen LogP contribution in [0.15, 0.2) is 15.6 Å². The number of hydrogen-bond donors (Lipinski definition) is 0. The second-order valence-corrected chi connectivity index (χ2v) is 7.58. The van der Waals surface area contributed by atoms with Crippen molar-refractivity contribution in [2.75, 3.05) is 0 Å². The molecule has 0 atom stereocenters. The lowest BCUT2D eigenvalue weighted by Crippen LogP contribution is -1.98. The minimum Gasteiger partial charge on any atom is -0.419 e. The summed E-state index contributed by atoms with van der Waals surface area (Å²) in [5, 5.41) is 21.0. The van der Waals surface area contributed by atoms with Crippen molar-refractivity contribution in [1.29, 1.82) is 0 Å². The zero-order valence-corrected chi connectivity index (χ0v) is 14.5. The third-order valence-corrected chi connectivity index (χ3v) is 5.99. The third-order valence-electron chi connectivity index (χ3n) is 3.70. The molecule has 0 aromatic carbocycles. The summed E-state index contributed by atoms with van der Waals surface area (Å²) in [6, 6.07) is 2.58. The van der Waals surface area contributed by atoms with E-state index >= 15 is 0 Å². The van der Waals surface area contributed by atoms with E-state index in [1.807, 2.05) is 4.68 Å². The molecule has 120 valence electrons. The lowest BCUT2D eigenvalue weighted by molar-refractivity contribution is 0.528. The van der Waals surface area contributed by atoms with Crippen LogP contribution in [0.3, 0.4) is 0 Å². The monoisotopic (exact) mass is 348 g/mol. The molecule has 7 nitrogen and oxygen atoms in total. The molecule has 4 rings (SSSR count). The average Bonchev–Trinajstić information content (AvgIpc) is 2.99. The summed E-state index contributed by atoms with van der Waals surface area (Å²) in [5.41, 5.74) is 1.28. The lowest BCUT2D eigenvalue weighted by atomic mass is 10.2. The highest BCUT2D eigenvalue weighted by atomic mass is 32.2. The highest BCUT2D eigenvalue weighted by molar-refractivity contribution is 7.98. The number of nitrogens with zero attached hydrogens (tertiary/aromatic N) is 6. The first-order chi connectivity index (χ1) is 11.2. The molecule has 3 aromatic heterocycles. The van der Waals surface area contributed by atoms with Gasteiger partial charge in [0.2, 0.25) is 11.0 Å². The van der Waals surface area contributed by atoms with E-state index < -0.39 is 0 Å². The first kappa shape index (κ1) is 14.8. The molecule has 0 saturated heterocycles. The first-order valence-electron chi connectivity index (χ1n) is 7.57. The summed E-state index contributed by atoms with van der Waals surface area (Å²) in [6.45, 7) is 4.27. The van der Waals surface area contributed by atoms with Crippen LogP contribution < -0.4 is 0 Å². The van der Waals surface area contributed by atoms with Gasteiger partial charge in [-0.1, -0.05) is 18.7 Å². The molecule has 0 N–H and O–H groups in total. The molecular weight excluding hydrogens is 332 g/mol. The molecule has 0 radical (unpaired) electrons. The Morgan fingerprint density at radius 3 is 2.96 bits per heavy atom. The Hall–Kier alpha value is -1.74. The predicted molar refractivity (Wildman–Crippen MR) is 87.4 cm³/mol. The highest BCUT2D eigenvalue weighted by Crippen LogP contribution is 2.37. The van der Waals surface area contributed by atoms with Crippen LogP contribution in [0.1, 0.15) is 42.1 Å². The number of aromatic nitrogens is 6. The van der Waals surface area contributed by atoms with E-state index in [4.69, 9.17) is 4.42 Å². The summed E-state index contributed by atoms with van der Waals surface area (Å²) in [6.07, 6.45) is 3.33. The molecule has 0 spiro atoms. The van der Waals surface area contributed by atoms with Gasteiger partial charge in [-0.2, -0.15) is 0 Å². The van der Waals surface area contributed by atoms with Crippen LogP contribution in [-0.4, -0.2) is 30.4 Å². The number of thioether (sulfide) groups is 1. The van der Waals surface area contributed by atoms with Gasteiger partial charge in [0, 0.05) is 4.88 Å². The Kier molecular flexibility index (Phi) is 3.90. The summed E-state index contributed by atoms with van der Waals surface area (Å²) in [4.78, 5) is 2.39. The summed E-state index contributed by atoms with van der Waals surface area (Å²) < 4.78 is 7.67. The van der Waals surface area contributed by atoms with Gasteiger partial charge >= 0.3 is 0 Å². The number of thiophene rings is 1. The van der Waals surface area contributed by atoms with Gasteiger partial charge < -0.3 is 4.42 Å². The van der Waals surface area contributed by atoms with Crippen molar-refractivity contribution in [3.05, 3.63) is 22.4 Å². The van der Waals surface area contributed by atoms with E-state index in [1.54, 1.807) is 11.3 Å². The Bertz CT molecular complexity index is 819. The van der Waals surface area contributed by atoms with Crippen LogP contribution in [0.2, 0.25) is 0 Å². The molecule has 1 aliphatic rings. The number of tetrazole rings is 1. The Morgan fingerprint density at radius 2 is 2.22 bits per heavy atom. The van der Waals surface area contributed by atoms with Gasteiger partial charge in [-0.3, -0.25) is 0 Å². The topological polar surface area (TPSA) is 82.5 Å². The minimum atomic E-state index is 0.465. The van der Waals surface area contributed by atoms with Gasteiger partial charge in [0.25, 0.3) is 5.89 Å². The van der Waals surface area contributed by atoms with Crippen LogP contribution in [0.25, 0.3) is 10.8 Å². The molecule has 0 bridgehead atoms. The van der Waals surface area contributed by atoms with Crippen molar-refractivity contribution in [3.63, 3.8) is 0 Å². The number of rotatable bonds is 6. The van der Waals surface area contributed by atoms with Crippen LogP contribution >= 0.6 is 23.1 Å². The fraction of sp³-hybridized carbons (Fsp3) is 0.500. The zero-order valence-electron chi connectivity index (χ0n) is 12.9. The number of aryl methyl sites for hydroxylation is 2. The molecule has 1 fully saturated rings. The molecule has 9 heteroatoms. The van der Waals surface area contributed by atoms with E-state index in [9.17, 15) is 0 Å². The van der Waals surface area contributed by atoms with Crippen molar-refractivity contribution < 1.29 is 4.42 Å². The van der Waals surface area contributed by atoms with Gasteiger partial charge in [0.05, 0.1) is 16.7 Å². The predicted octanol–water partition coefficient (Wildman–Crippen LogP) is 3.28. The quantitative estimate of drug-likeness (QED) is 0.632. The zero-order chi connectivity index (χ0) is 15.8. The first-order valence-corrected chi connectivity index (χ1v) is 9.37. The summed E-state index contributed by atoms with van der Waals surface area (Å²) in [7, 11) is 0. The van der Waals surface area contributed by atoms with Crippen molar-refractivity contribution >= 4 is 23.1 Å². The second-order valence-electron chi connectivity index (χ2n) is 5.50. The molecule has 1 aliphatic carbocycles. The maximum absolute atomic E-state index is 5.79. The van der Waals surface area contributed by atoms with Gasteiger partial charge in [0.1, 0.15) is 0 Å². The van der Waals surface area contributed by atoms with E-state index in [1.165, 1.54) is 22.2 Å². The fourth-order valence-corrected chi connectivity index (χ4v) is 4.16. The molecule has 23 heavy (non-hydrogen) atoms.